The van der Waals surface area contributed by atoms with Gasteiger partial charge in [0.15, 0.2) is 0 Å². The Labute approximate surface area is 159 Å². The number of rotatable bonds is 5. The highest BCUT2D eigenvalue weighted by atomic mass is 32.1. The van der Waals surface area contributed by atoms with E-state index in [0.29, 0.717) is 5.92 Å². The number of hydrogen-bond donors (Lipinski definition) is 0. The van der Waals surface area contributed by atoms with Crippen molar-refractivity contribution in [2.75, 3.05) is 13.1 Å². The Morgan fingerprint density at radius 2 is 2.12 bits per heavy atom. The van der Waals surface area contributed by atoms with Crippen LogP contribution in [0.5, 0.6) is 0 Å². The van der Waals surface area contributed by atoms with E-state index in [9.17, 15) is 0 Å². The number of nitrogens with zero attached hydrogens (tertiary/aromatic N) is 4. The fourth-order valence-electron chi connectivity index (χ4n) is 3.91. The fraction of sp³-hybridized carbons (Fsp3) is 0.429. The van der Waals surface area contributed by atoms with E-state index in [-0.39, 0.29) is 0 Å². The minimum atomic E-state index is 0.674. The third-order valence-electron chi connectivity index (χ3n) is 5.19. The fourth-order valence-corrected chi connectivity index (χ4v) is 4.84. The van der Waals surface area contributed by atoms with Crippen molar-refractivity contribution >= 4 is 11.3 Å². The van der Waals surface area contributed by atoms with E-state index in [1.807, 2.05) is 36.0 Å². The lowest BCUT2D eigenvalue weighted by molar-refractivity contribution is 0.157. The average molecular weight is 367 g/mol. The van der Waals surface area contributed by atoms with Crippen LogP contribution in [0.15, 0.2) is 42.9 Å². The zero-order valence-electron chi connectivity index (χ0n) is 15.6. The van der Waals surface area contributed by atoms with Crippen molar-refractivity contribution in [1.82, 2.24) is 19.4 Å². The summed E-state index contributed by atoms with van der Waals surface area (Å²) in [6.07, 6.45) is 8.28. The molecule has 1 atom stereocenters. The van der Waals surface area contributed by atoms with Gasteiger partial charge in [0.05, 0.1) is 0 Å². The van der Waals surface area contributed by atoms with Crippen LogP contribution in [0.2, 0.25) is 0 Å². The molecule has 0 saturated carbocycles. The van der Waals surface area contributed by atoms with Gasteiger partial charge in [-0.15, -0.1) is 11.3 Å². The normalized spacial score (nSPS) is 18.3. The maximum atomic E-state index is 4.65. The SMILES string of the molecule is Cc1ccc(CN2CCCC(Cn3c(C)cnc3-c3cccnc3)C2)s1. The molecule has 1 saturated heterocycles. The van der Waals surface area contributed by atoms with Crippen molar-refractivity contribution in [3.63, 3.8) is 0 Å². The Hall–Kier alpha value is -1.98. The van der Waals surface area contributed by atoms with Crippen LogP contribution in [-0.2, 0) is 13.1 Å². The minimum Gasteiger partial charge on any atom is -0.328 e. The van der Waals surface area contributed by atoms with E-state index in [2.05, 4.69) is 51.5 Å². The zero-order valence-corrected chi connectivity index (χ0v) is 16.4. The highest BCUT2D eigenvalue weighted by molar-refractivity contribution is 7.11. The van der Waals surface area contributed by atoms with E-state index in [1.165, 1.54) is 41.4 Å². The highest BCUT2D eigenvalue weighted by Gasteiger charge is 2.22. The molecule has 5 heteroatoms. The van der Waals surface area contributed by atoms with Gasteiger partial charge in [0.2, 0.25) is 0 Å². The van der Waals surface area contributed by atoms with E-state index in [4.69, 9.17) is 0 Å². The summed E-state index contributed by atoms with van der Waals surface area (Å²) in [5.41, 5.74) is 2.33. The third-order valence-corrected chi connectivity index (χ3v) is 6.18. The largest absolute Gasteiger partial charge is 0.328 e. The molecule has 0 spiro atoms. The first-order chi connectivity index (χ1) is 12.7. The van der Waals surface area contributed by atoms with Crippen LogP contribution < -0.4 is 0 Å². The first kappa shape index (κ1) is 17.4. The van der Waals surface area contributed by atoms with Gasteiger partial charge in [-0.2, -0.15) is 0 Å². The number of hydrogen-bond acceptors (Lipinski definition) is 4. The maximum Gasteiger partial charge on any atom is 0.141 e. The molecule has 0 aromatic carbocycles. The maximum absolute atomic E-state index is 4.65. The Balaban J connectivity index is 1.46. The number of pyridine rings is 1. The Kier molecular flexibility index (Phi) is 5.18. The molecule has 3 aromatic heterocycles. The van der Waals surface area contributed by atoms with Gasteiger partial charge >= 0.3 is 0 Å². The predicted molar refractivity (Wildman–Crippen MR) is 107 cm³/mol. The van der Waals surface area contributed by atoms with Gasteiger partial charge in [-0.25, -0.2) is 4.98 Å². The van der Waals surface area contributed by atoms with Gasteiger partial charge in [0.1, 0.15) is 5.82 Å². The van der Waals surface area contributed by atoms with Crippen molar-refractivity contribution in [2.24, 2.45) is 5.92 Å². The van der Waals surface area contributed by atoms with Crippen LogP contribution in [0.4, 0.5) is 0 Å². The predicted octanol–water partition coefficient (Wildman–Crippen LogP) is 4.54. The van der Waals surface area contributed by atoms with Crippen molar-refractivity contribution in [1.29, 1.82) is 0 Å². The Bertz CT molecular complexity index is 852. The van der Waals surface area contributed by atoms with Gasteiger partial charge in [-0.3, -0.25) is 9.88 Å². The lowest BCUT2D eigenvalue weighted by Gasteiger charge is -2.33. The molecular formula is C21H26N4S. The molecule has 1 aliphatic heterocycles. The van der Waals surface area contributed by atoms with Crippen molar-refractivity contribution < 1.29 is 0 Å². The third kappa shape index (κ3) is 3.89. The van der Waals surface area contributed by atoms with Crippen molar-refractivity contribution in [2.45, 2.75) is 39.8 Å². The molecule has 1 unspecified atom stereocenters. The van der Waals surface area contributed by atoms with E-state index in [0.717, 1.165) is 24.5 Å². The molecule has 0 N–H and O–H groups in total. The summed E-state index contributed by atoms with van der Waals surface area (Å²) in [7, 11) is 0. The van der Waals surface area contributed by atoms with Crippen LogP contribution in [0.1, 0.15) is 28.3 Å². The monoisotopic (exact) mass is 366 g/mol. The summed E-state index contributed by atoms with van der Waals surface area (Å²) >= 11 is 1.93. The summed E-state index contributed by atoms with van der Waals surface area (Å²) in [6.45, 7) is 8.85. The second-order valence-electron chi connectivity index (χ2n) is 7.33. The molecule has 4 nitrogen and oxygen atoms in total. The van der Waals surface area contributed by atoms with Crippen molar-refractivity contribution in [3.05, 3.63) is 58.3 Å². The summed E-state index contributed by atoms with van der Waals surface area (Å²) in [5.74, 6) is 1.72. The number of imidazole rings is 1. The lowest BCUT2D eigenvalue weighted by atomic mass is 9.97. The quantitative estimate of drug-likeness (QED) is 0.665. The molecule has 26 heavy (non-hydrogen) atoms. The summed E-state index contributed by atoms with van der Waals surface area (Å²) in [4.78, 5) is 14.4. The van der Waals surface area contributed by atoms with E-state index in [1.54, 1.807) is 0 Å². The number of aryl methyl sites for hydroxylation is 2. The lowest BCUT2D eigenvalue weighted by Crippen LogP contribution is -2.36. The average Bonchev–Trinajstić information content (AvgIpc) is 3.22. The summed E-state index contributed by atoms with van der Waals surface area (Å²) in [5, 5.41) is 0. The van der Waals surface area contributed by atoms with Crippen LogP contribution in [0.25, 0.3) is 11.4 Å². The first-order valence-electron chi connectivity index (χ1n) is 9.39. The van der Waals surface area contributed by atoms with Crippen LogP contribution in [-0.4, -0.2) is 32.5 Å². The minimum absolute atomic E-state index is 0.674. The highest BCUT2D eigenvalue weighted by Crippen LogP contribution is 2.26. The summed E-state index contributed by atoms with van der Waals surface area (Å²) < 4.78 is 2.38. The molecule has 3 aromatic rings. The van der Waals surface area contributed by atoms with E-state index >= 15 is 0 Å². The first-order valence-corrected chi connectivity index (χ1v) is 10.2. The Morgan fingerprint density at radius 1 is 1.19 bits per heavy atom. The standard InChI is InChI=1S/C21H26N4S/c1-16-11-23-21(19-6-3-9-22-12-19)25(16)14-18-5-4-10-24(13-18)15-20-8-7-17(2)26-20/h3,6-9,11-12,18H,4-5,10,13-15H2,1-2H3. The molecule has 0 radical (unpaired) electrons. The summed E-state index contributed by atoms with van der Waals surface area (Å²) in [6, 6.07) is 8.59. The van der Waals surface area contributed by atoms with Gasteiger partial charge in [-0.1, -0.05) is 0 Å². The number of thiophene rings is 1. The molecule has 4 heterocycles. The number of aromatic nitrogens is 3. The number of piperidine rings is 1. The van der Waals surface area contributed by atoms with Gasteiger partial charge < -0.3 is 4.57 Å². The molecule has 0 amide bonds. The van der Waals surface area contributed by atoms with E-state index < -0.39 is 0 Å². The van der Waals surface area contributed by atoms with Crippen LogP contribution in [0, 0.1) is 19.8 Å². The molecule has 0 bridgehead atoms. The second kappa shape index (κ2) is 7.72. The van der Waals surface area contributed by atoms with Crippen LogP contribution in [0.3, 0.4) is 0 Å². The van der Waals surface area contributed by atoms with Gasteiger partial charge in [0.25, 0.3) is 0 Å². The Morgan fingerprint density at radius 3 is 2.88 bits per heavy atom. The molecule has 136 valence electrons. The number of likely N-dealkylation sites (tertiary alicyclic amines) is 1. The molecule has 4 rings (SSSR count). The molecule has 1 aliphatic rings. The van der Waals surface area contributed by atoms with Gasteiger partial charge in [0, 0.05) is 59.2 Å². The van der Waals surface area contributed by atoms with Gasteiger partial charge in [-0.05, 0) is 63.4 Å². The molecular weight excluding hydrogens is 340 g/mol. The molecule has 1 fully saturated rings. The molecule has 0 aliphatic carbocycles. The van der Waals surface area contributed by atoms with Crippen molar-refractivity contribution in [3.8, 4) is 11.4 Å². The smallest absolute Gasteiger partial charge is 0.141 e. The topological polar surface area (TPSA) is 34.0 Å². The van der Waals surface area contributed by atoms with Crippen LogP contribution >= 0.6 is 11.3 Å². The zero-order chi connectivity index (χ0) is 17.9. The second-order valence-corrected chi connectivity index (χ2v) is 8.70.